The van der Waals surface area contributed by atoms with Crippen molar-refractivity contribution in [2.45, 2.75) is 0 Å². The Bertz CT molecular complexity index is 8.00. The molecule has 30 valence electrons. The minimum atomic E-state index is 0. The summed E-state index contributed by atoms with van der Waals surface area (Å²) in [6, 6.07) is 0. The Balaban J connectivity index is -0.00000000500. The SMILES string of the molecule is CO.Cl.[Ru]. The fraction of sp³-hybridized carbons (Fsp3) is 1.00. The van der Waals surface area contributed by atoms with Gasteiger partial charge in [-0.25, -0.2) is 0 Å². The van der Waals surface area contributed by atoms with Crippen LogP contribution in [-0.2, 0) is 19.5 Å². The first-order chi connectivity index (χ1) is 1.00. The van der Waals surface area contributed by atoms with Crippen LogP contribution in [0.3, 0.4) is 0 Å². The quantitative estimate of drug-likeness (QED) is 0.508. The molecule has 0 bridgehead atoms. The maximum atomic E-state index is 7.00. The smallest absolute Gasteiger partial charge is 0.0319 e. The van der Waals surface area contributed by atoms with Gasteiger partial charge in [0.1, 0.15) is 0 Å². The minimum Gasteiger partial charge on any atom is -0.400 e. The van der Waals surface area contributed by atoms with E-state index in [9.17, 15) is 0 Å². The van der Waals surface area contributed by atoms with Crippen LogP contribution in [-0.4, -0.2) is 12.2 Å². The third kappa shape index (κ3) is 13.2. The molecule has 0 aliphatic rings. The van der Waals surface area contributed by atoms with Crippen LogP contribution in [0.5, 0.6) is 0 Å². The summed E-state index contributed by atoms with van der Waals surface area (Å²) in [5.41, 5.74) is 0. The van der Waals surface area contributed by atoms with E-state index in [1.165, 1.54) is 0 Å². The van der Waals surface area contributed by atoms with Crippen LogP contribution in [0.2, 0.25) is 0 Å². The Kier molecular flexibility index (Phi) is 218. The summed E-state index contributed by atoms with van der Waals surface area (Å²) in [6.07, 6.45) is 0. The monoisotopic (exact) mass is 170 g/mol. The predicted octanol–water partition coefficient (Wildman–Crippen LogP) is 0.0278. The van der Waals surface area contributed by atoms with Crippen LogP contribution in [0.1, 0.15) is 0 Å². The van der Waals surface area contributed by atoms with Gasteiger partial charge < -0.3 is 5.11 Å². The number of rotatable bonds is 0. The average Bonchev–Trinajstić information content (AvgIpc) is 1.00. The Hall–Kier alpha value is 0.873. The van der Waals surface area contributed by atoms with Gasteiger partial charge in [-0.1, -0.05) is 0 Å². The molecule has 0 aromatic rings. The van der Waals surface area contributed by atoms with Crippen LogP contribution in [0.4, 0.5) is 0 Å². The molecule has 0 unspecified atom stereocenters. The van der Waals surface area contributed by atoms with Crippen LogP contribution in [0.15, 0.2) is 0 Å². The number of halogens is 1. The molecule has 0 aliphatic heterocycles. The number of hydrogen-bond donors (Lipinski definition) is 1. The van der Waals surface area contributed by atoms with Crippen LogP contribution >= 0.6 is 12.4 Å². The summed E-state index contributed by atoms with van der Waals surface area (Å²) in [5.74, 6) is 0. The van der Waals surface area contributed by atoms with E-state index < -0.39 is 0 Å². The minimum absolute atomic E-state index is 0. The van der Waals surface area contributed by atoms with Crippen molar-refractivity contribution in [3.05, 3.63) is 0 Å². The van der Waals surface area contributed by atoms with Crippen molar-refractivity contribution < 1.29 is 24.6 Å². The van der Waals surface area contributed by atoms with Gasteiger partial charge in [-0.3, -0.25) is 0 Å². The van der Waals surface area contributed by atoms with Gasteiger partial charge >= 0.3 is 0 Å². The first-order valence-electron chi connectivity index (χ1n) is 0.447. The average molecular weight is 170 g/mol. The van der Waals surface area contributed by atoms with Gasteiger partial charge in [0.05, 0.1) is 0 Å². The summed E-state index contributed by atoms with van der Waals surface area (Å²) in [5, 5.41) is 7.00. The van der Waals surface area contributed by atoms with E-state index in [4.69, 9.17) is 5.11 Å². The Morgan fingerprint density at radius 3 is 1.25 bits per heavy atom. The maximum absolute atomic E-state index is 7.00. The van der Waals surface area contributed by atoms with Crippen molar-refractivity contribution in [3.8, 4) is 0 Å². The molecule has 0 aliphatic carbocycles. The fourth-order valence-electron chi connectivity index (χ4n) is 0. The summed E-state index contributed by atoms with van der Waals surface area (Å²) >= 11 is 0. The zero-order chi connectivity index (χ0) is 2.00. The standard InChI is InChI=1S/CH4O.ClH.Ru/c1-2;;/h2H,1H3;1H;. The maximum Gasteiger partial charge on any atom is 0.0319 e. The van der Waals surface area contributed by atoms with Gasteiger partial charge in [0.15, 0.2) is 0 Å². The zero-order valence-corrected chi connectivity index (χ0v) is 4.76. The number of hydrogen-bond acceptors (Lipinski definition) is 1. The summed E-state index contributed by atoms with van der Waals surface area (Å²) < 4.78 is 0. The molecule has 3 heteroatoms. The molecule has 4 heavy (non-hydrogen) atoms. The first kappa shape index (κ1) is 20.8. The van der Waals surface area contributed by atoms with E-state index in [2.05, 4.69) is 0 Å². The molecule has 0 amide bonds. The molecule has 0 aromatic heterocycles. The van der Waals surface area contributed by atoms with E-state index in [0.717, 1.165) is 7.11 Å². The molecule has 0 atom stereocenters. The molecule has 0 saturated carbocycles. The van der Waals surface area contributed by atoms with Crippen molar-refractivity contribution in [2.24, 2.45) is 0 Å². The molecule has 1 nitrogen and oxygen atoms in total. The van der Waals surface area contributed by atoms with Crippen molar-refractivity contribution in [3.63, 3.8) is 0 Å². The van der Waals surface area contributed by atoms with Gasteiger partial charge in [-0.2, -0.15) is 0 Å². The Morgan fingerprint density at radius 2 is 1.25 bits per heavy atom. The molecular weight excluding hydrogens is 165 g/mol. The van der Waals surface area contributed by atoms with Crippen molar-refractivity contribution in [1.29, 1.82) is 0 Å². The van der Waals surface area contributed by atoms with Crippen molar-refractivity contribution in [1.82, 2.24) is 0 Å². The van der Waals surface area contributed by atoms with E-state index >= 15 is 0 Å². The fourth-order valence-corrected chi connectivity index (χ4v) is 0. The van der Waals surface area contributed by atoms with E-state index in [1.807, 2.05) is 0 Å². The predicted molar refractivity (Wildman–Crippen MR) is 15.4 cm³/mol. The summed E-state index contributed by atoms with van der Waals surface area (Å²) in [7, 11) is 1.00. The normalized spacial score (nSPS) is 1.50. The van der Waals surface area contributed by atoms with Crippen LogP contribution < -0.4 is 0 Å². The third-order valence-corrected chi connectivity index (χ3v) is 0. The van der Waals surface area contributed by atoms with Gasteiger partial charge in [0.25, 0.3) is 0 Å². The molecule has 0 radical (unpaired) electrons. The molecule has 0 saturated heterocycles. The Morgan fingerprint density at radius 1 is 1.25 bits per heavy atom. The van der Waals surface area contributed by atoms with Gasteiger partial charge in [0.2, 0.25) is 0 Å². The Labute approximate surface area is 44.6 Å². The summed E-state index contributed by atoms with van der Waals surface area (Å²) in [6.45, 7) is 0. The molecule has 0 rings (SSSR count). The van der Waals surface area contributed by atoms with E-state index in [0.29, 0.717) is 0 Å². The van der Waals surface area contributed by atoms with Gasteiger partial charge in [0, 0.05) is 26.6 Å². The first-order valence-corrected chi connectivity index (χ1v) is 0.447. The molecule has 0 heterocycles. The molecule has 0 aromatic carbocycles. The zero-order valence-electron chi connectivity index (χ0n) is 2.21. The third-order valence-electron chi connectivity index (χ3n) is 0. The molecule has 1 N–H and O–H groups in total. The van der Waals surface area contributed by atoms with Crippen molar-refractivity contribution in [2.75, 3.05) is 7.11 Å². The van der Waals surface area contributed by atoms with Crippen LogP contribution in [0, 0.1) is 0 Å². The second-order valence-electron chi connectivity index (χ2n) is 0. The second-order valence-corrected chi connectivity index (χ2v) is 0. The topological polar surface area (TPSA) is 20.2 Å². The molecule has 0 fully saturated rings. The van der Waals surface area contributed by atoms with E-state index in [1.54, 1.807) is 0 Å². The number of aliphatic hydroxyl groups is 1. The van der Waals surface area contributed by atoms with Crippen LogP contribution in [0.25, 0.3) is 0 Å². The van der Waals surface area contributed by atoms with E-state index in [-0.39, 0.29) is 31.9 Å². The second kappa shape index (κ2) is 41.9. The summed E-state index contributed by atoms with van der Waals surface area (Å²) in [4.78, 5) is 0. The van der Waals surface area contributed by atoms with Gasteiger partial charge in [-0.15, -0.1) is 12.4 Å². The molecule has 0 spiro atoms. The van der Waals surface area contributed by atoms with Gasteiger partial charge in [-0.05, 0) is 0 Å². The van der Waals surface area contributed by atoms with Crippen molar-refractivity contribution >= 4 is 12.4 Å². The largest absolute Gasteiger partial charge is 0.400 e. The molecular formula is CH5ClORu. The number of aliphatic hydroxyl groups excluding tert-OH is 1.